The highest BCUT2D eigenvalue weighted by Gasteiger charge is 2.41. The molecule has 2 aromatic rings. The van der Waals surface area contributed by atoms with Crippen LogP contribution in [0, 0.1) is 0 Å². The van der Waals surface area contributed by atoms with E-state index >= 15 is 0 Å². The summed E-state index contributed by atoms with van der Waals surface area (Å²) in [6, 6.07) is 1.91. The minimum Gasteiger partial charge on any atom is -0.383 e. The van der Waals surface area contributed by atoms with E-state index in [0.29, 0.717) is 24.9 Å². The van der Waals surface area contributed by atoms with Gasteiger partial charge in [-0.1, -0.05) is 0 Å². The standard InChI is InChI=1S/C14H18N4O2/c15-11-10-3-6-16-13(10)18-12(17-11)9-1-4-14(5-2-9)19-7-8-20-14/h3,6,9H,1-2,4-5,7-8H2,(H3,15,16,17,18). The van der Waals surface area contributed by atoms with Crippen LogP contribution in [0.25, 0.3) is 11.0 Å². The first-order valence-electron chi connectivity index (χ1n) is 7.14. The molecule has 6 heteroatoms. The zero-order valence-electron chi connectivity index (χ0n) is 11.3. The molecule has 1 saturated carbocycles. The highest BCUT2D eigenvalue weighted by molar-refractivity contribution is 5.85. The van der Waals surface area contributed by atoms with Crippen LogP contribution in [-0.2, 0) is 9.47 Å². The molecule has 0 aromatic carbocycles. The normalized spacial score (nSPS) is 22.8. The molecule has 0 radical (unpaired) electrons. The van der Waals surface area contributed by atoms with Crippen LogP contribution in [0.5, 0.6) is 0 Å². The molecular formula is C14H18N4O2. The quantitative estimate of drug-likeness (QED) is 0.830. The summed E-state index contributed by atoms with van der Waals surface area (Å²) in [4.78, 5) is 12.2. The average Bonchev–Trinajstić information content (AvgIpc) is 3.09. The molecule has 0 bridgehead atoms. The number of nitrogens with zero attached hydrogens (tertiary/aromatic N) is 2. The molecule has 106 valence electrons. The van der Waals surface area contributed by atoms with Crippen molar-refractivity contribution in [3.63, 3.8) is 0 Å². The second kappa shape index (κ2) is 4.43. The van der Waals surface area contributed by atoms with E-state index in [1.165, 1.54) is 0 Å². The van der Waals surface area contributed by atoms with E-state index in [1.54, 1.807) is 0 Å². The molecule has 1 spiro atoms. The predicted molar refractivity (Wildman–Crippen MR) is 74.1 cm³/mol. The van der Waals surface area contributed by atoms with Gasteiger partial charge in [0.2, 0.25) is 0 Å². The van der Waals surface area contributed by atoms with Crippen LogP contribution in [-0.4, -0.2) is 34.0 Å². The Hall–Kier alpha value is -1.66. The summed E-state index contributed by atoms with van der Waals surface area (Å²) < 4.78 is 11.5. The van der Waals surface area contributed by atoms with Crippen LogP contribution < -0.4 is 5.73 Å². The van der Waals surface area contributed by atoms with Gasteiger partial charge in [-0.25, -0.2) is 9.97 Å². The van der Waals surface area contributed by atoms with Crippen molar-refractivity contribution < 1.29 is 9.47 Å². The van der Waals surface area contributed by atoms with E-state index in [4.69, 9.17) is 15.2 Å². The van der Waals surface area contributed by atoms with Gasteiger partial charge in [0, 0.05) is 25.0 Å². The van der Waals surface area contributed by atoms with Gasteiger partial charge < -0.3 is 20.2 Å². The lowest BCUT2D eigenvalue weighted by molar-refractivity contribution is -0.179. The molecule has 6 nitrogen and oxygen atoms in total. The van der Waals surface area contributed by atoms with Gasteiger partial charge in [-0.2, -0.15) is 0 Å². The molecule has 0 amide bonds. The van der Waals surface area contributed by atoms with Gasteiger partial charge in [0.1, 0.15) is 17.3 Å². The zero-order chi connectivity index (χ0) is 13.6. The molecule has 2 aliphatic rings. The van der Waals surface area contributed by atoms with Gasteiger partial charge in [-0.3, -0.25) is 0 Å². The van der Waals surface area contributed by atoms with Crippen molar-refractivity contribution in [1.82, 2.24) is 15.0 Å². The topological polar surface area (TPSA) is 86.1 Å². The molecule has 0 unspecified atom stereocenters. The Morgan fingerprint density at radius 1 is 1.20 bits per heavy atom. The SMILES string of the molecule is Nc1nc(C2CCC3(CC2)OCCO3)nc2[nH]ccc12. The molecule has 2 fully saturated rings. The zero-order valence-corrected chi connectivity index (χ0v) is 11.3. The summed E-state index contributed by atoms with van der Waals surface area (Å²) in [6.07, 6.45) is 5.61. The Balaban J connectivity index is 1.58. The van der Waals surface area contributed by atoms with E-state index in [-0.39, 0.29) is 5.79 Å². The van der Waals surface area contributed by atoms with E-state index in [1.807, 2.05) is 12.3 Å². The number of hydrogen-bond donors (Lipinski definition) is 2. The Labute approximate surface area is 116 Å². The minimum absolute atomic E-state index is 0.335. The van der Waals surface area contributed by atoms with Gasteiger partial charge in [-0.15, -0.1) is 0 Å². The third-order valence-electron chi connectivity index (χ3n) is 4.39. The van der Waals surface area contributed by atoms with E-state index in [0.717, 1.165) is 42.5 Å². The molecule has 4 rings (SSSR count). The second-order valence-electron chi connectivity index (χ2n) is 5.59. The number of nitrogen functional groups attached to an aromatic ring is 1. The maximum Gasteiger partial charge on any atom is 0.168 e. The highest BCUT2D eigenvalue weighted by Crippen LogP contribution is 2.41. The number of nitrogens with two attached hydrogens (primary N) is 1. The molecule has 1 aliphatic heterocycles. The first-order valence-corrected chi connectivity index (χ1v) is 7.14. The fourth-order valence-corrected chi connectivity index (χ4v) is 3.27. The van der Waals surface area contributed by atoms with Gasteiger partial charge in [0.15, 0.2) is 5.79 Å². The molecule has 1 aliphatic carbocycles. The molecule has 1 saturated heterocycles. The van der Waals surface area contributed by atoms with E-state index < -0.39 is 0 Å². The van der Waals surface area contributed by atoms with Crippen LogP contribution in [0.15, 0.2) is 12.3 Å². The number of hydrogen-bond acceptors (Lipinski definition) is 5. The summed E-state index contributed by atoms with van der Waals surface area (Å²) in [5, 5.41) is 0.892. The van der Waals surface area contributed by atoms with Gasteiger partial charge >= 0.3 is 0 Å². The lowest BCUT2D eigenvalue weighted by Crippen LogP contribution is -2.35. The van der Waals surface area contributed by atoms with Crippen molar-refractivity contribution in [3.05, 3.63) is 18.1 Å². The van der Waals surface area contributed by atoms with Crippen LogP contribution in [0.1, 0.15) is 37.4 Å². The minimum atomic E-state index is -0.335. The second-order valence-corrected chi connectivity index (χ2v) is 5.59. The maximum absolute atomic E-state index is 6.00. The van der Waals surface area contributed by atoms with Crippen molar-refractivity contribution in [2.45, 2.75) is 37.4 Å². The molecule has 0 atom stereocenters. The van der Waals surface area contributed by atoms with Crippen molar-refractivity contribution >= 4 is 16.9 Å². The summed E-state index contributed by atoms with van der Waals surface area (Å²) in [6.45, 7) is 1.42. The van der Waals surface area contributed by atoms with Crippen molar-refractivity contribution in [1.29, 1.82) is 0 Å². The third-order valence-corrected chi connectivity index (χ3v) is 4.39. The number of H-pyrrole nitrogens is 1. The number of fused-ring (bicyclic) bond motifs is 1. The van der Waals surface area contributed by atoms with Crippen LogP contribution in [0.4, 0.5) is 5.82 Å². The lowest BCUT2D eigenvalue weighted by Gasteiger charge is -2.34. The van der Waals surface area contributed by atoms with Crippen LogP contribution >= 0.6 is 0 Å². The number of ether oxygens (including phenoxy) is 2. The number of rotatable bonds is 1. The van der Waals surface area contributed by atoms with Gasteiger partial charge in [-0.05, 0) is 18.9 Å². The first-order chi connectivity index (χ1) is 9.76. The molecular weight excluding hydrogens is 256 g/mol. The summed E-state index contributed by atoms with van der Waals surface area (Å²) >= 11 is 0. The fourth-order valence-electron chi connectivity index (χ4n) is 3.27. The molecule has 3 heterocycles. The maximum atomic E-state index is 6.00. The molecule has 2 aromatic heterocycles. The summed E-state index contributed by atoms with van der Waals surface area (Å²) in [5.41, 5.74) is 6.82. The van der Waals surface area contributed by atoms with Crippen molar-refractivity contribution in [3.8, 4) is 0 Å². The van der Waals surface area contributed by atoms with Gasteiger partial charge in [0.25, 0.3) is 0 Å². The number of aromatic nitrogens is 3. The summed E-state index contributed by atoms with van der Waals surface area (Å²) in [5.74, 6) is 1.40. The Kier molecular flexibility index (Phi) is 2.68. The van der Waals surface area contributed by atoms with Gasteiger partial charge in [0.05, 0.1) is 18.6 Å². The van der Waals surface area contributed by atoms with Crippen LogP contribution in [0.2, 0.25) is 0 Å². The monoisotopic (exact) mass is 274 g/mol. The Morgan fingerprint density at radius 3 is 2.70 bits per heavy atom. The number of anilines is 1. The van der Waals surface area contributed by atoms with E-state index in [9.17, 15) is 0 Å². The Morgan fingerprint density at radius 2 is 1.95 bits per heavy atom. The first kappa shape index (κ1) is 12.1. The van der Waals surface area contributed by atoms with Crippen molar-refractivity contribution in [2.24, 2.45) is 0 Å². The number of aromatic amines is 1. The fraction of sp³-hybridized carbons (Fsp3) is 0.571. The predicted octanol–water partition coefficient (Wildman–Crippen LogP) is 1.94. The number of nitrogens with one attached hydrogen (secondary N) is 1. The van der Waals surface area contributed by atoms with Crippen molar-refractivity contribution in [2.75, 3.05) is 18.9 Å². The largest absolute Gasteiger partial charge is 0.383 e. The summed E-state index contributed by atoms with van der Waals surface area (Å²) in [7, 11) is 0. The van der Waals surface area contributed by atoms with Crippen LogP contribution in [0.3, 0.4) is 0 Å². The molecule has 3 N–H and O–H groups in total. The molecule has 20 heavy (non-hydrogen) atoms. The average molecular weight is 274 g/mol. The highest BCUT2D eigenvalue weighted by atomic mass is 16.7. The third kappa shape index (κ3) is 1.87. The Bertz CT molecular complexity index is 623. The van der Waals surface area contributed by atoms with E-state index in [2.05, 4.69) is 15.0 Å². The lowest BCUT2D eigenvalue weighted by atomic mass is 9.84. The smallest absolute Gasteiger partial charge is 0.168 e.